The smallest absolute Gasteiger partial charge is 0.333 e. The van der Waals surface area contributed by atoms with E-state index in [1.54, 1.807) is 32.4 Å². The van der Waals surface area contributed by atoms with Gasteiger partial charge in [0.2, 0.25) is 0 Å². The van der Waals surface area contributed by atoms with Crippen LogP contribution >= 0.6 is 8.60 Å². The zero-order valence-electron chi connectivity index (χ0n) is 47.8. The standard InChI is InChI=1S/C60H66FN6O18P/c1-38(68)81-53-49(84-56(54(53)82-39(2)69)67-31-25-51(71)64-58(67)73)37-80-86(79-34-11-29-62)85-52-45(26-35-77-59(76-5)27-32-65(33-28-59)47-15-10-9-14-46(47)61)55(66-30-24-50(70)63-57(66)72)83-48(52)36-78-60(40-12-7-6-8-13-40,41-16-20-43(74-3)21-17-41)42-18-22-44(75-4)23-19-42/h6-10,12-25,30-31,45,48-49,52-56H,11,26-28,32-37H2,1-5H3,(H,63,70,72)(H,64,71,73)/t45-,48-,49-,52+,53-,54-,55-,56-,86?/m1/s1. The molecule has 3 fully saturated rings. The molecule has 456 valence electrons. The molecule has 0 bridgehead atoms. The van der Waals surface area contributed by atoms with Crippen molar-refractivity contribution in [3.63, 3.8) is 0 Å². The Balaban J connectivity index is 1.11. The summed E-state index contributed by atoms with van der Waals surface area (Å²) in [6.45, 7) is 1.93. The van der Waals surface area contributed by atoms with Crippen molar-refractivity contribution in [3.05, 3.63) is 192 Å². The number of hydrogen-bond donors (Lipinski definition) is 2. The largest absolute Gasteiger partial charge is 0.497 e. The Labute approximate surface area is 494 Å². The lowest BCUT2D eigenvalue weighted by Gasteiger charge is -2.41. The molecule has 5 heterocycles. The SMILES string of the molecule is COc1ccc(C(OC[C@H]2O[C@@H](n3ccc(=O)[nH]c3=O)[C@H](CCOC3(OC)CCN(c4ccccc4F)CC3)[C@@H]2OP(OCCC#N)OC[C@H]2O[C@@H](n3ccc(=O)[nH]c3=O)[C@H](OC(C)=O)[C@@H]2OC(C)=O)(c2ccccc2)c2ccc(OC)cc2)cc1. The van der Waals surface area contributed by atoms with Crippen LogP contribution in [0.25, 0.3) is 0 Å². The molecule has 2 N–H and O–H groups in total. The van der Waals surface area contributed by atoms with Crippen LogP contribution in [0.5, 0.6) is 11.5 Å². The summed E-state index contributed by atoms with van der Waals surface area (Å²) in [6, 6.07) is 35.0. The van der Waals surface area contributed by atoms with Gasteiger partial charge in [-0.1, -0.05) is 66.7 Å². The van der Waals surface area contributed by atoms with Crippen molar-refractivity contribution in [1.29, 1.82) is 5.26 Å². The molecule has 0 amide bonds. The number of nitrogens with one attached hydrogen (secondary N) is 2. The molecule has 0 saturated carbocycles. The number of rotatable bonds is 26. The first-order valence-corrected chi connectivity index (χ1v) is 28.7. The van der Waals surface area contributed by atoms with E-state index in [2.05, 4.69) is 9.97 Å². The molecule has 6 aromatic rings. The first-order chi connectivity index (χ1) is 41.6. The minimum Gasteiger partial charge on any atom is -0.497 e. The maximum atomic E-state index is 15.0. The Morgan fingerprint density at radius 1 is 0.686 bits per heavy atom. The van der Waals surface area contributed by atoms with Crippen molar-refractivity contribution in [3.8, 4) is 17.6 Å². The summed E-state index contributed by atoms with van der Waals surface area (Å²) in [5.41, 5.74) is -2.03. The summed E-state index contributed by atoms with van der Waals surface area (Å²) in [4.78, 5) is 83.8. The van der Waals surface area contributed by atoms with Gasteiger partial charge >= 0.3 is 31.9 Å². The van der Waals surface area contributed by atoms with Gasteiger partial charge in [0.05, 0.1) is 58.8 Å². The van der Waals surface area contributed by atoms with Gasteiger partial charge in [0, 0.05) is 77.3 Å². The van der Waals surface area contributed by atoms with Crippen LogP contribution in [0.4, 0.5) is 10.1 Å². The van der Waals surface area contributed by atoms with Crippen molar-refractivity contribution >= 4 is 26.2 Å². The number of aromatic amines is 2. The van der Waals surface area contributed by atoms with Crippen LogP contribution in [0.1, 0.15) is 68.7 Å². The third kappa shape index (κ3) is 14.3. The average molecular weight is 1210 g/mol. The maximum Gasteiger partial charge on any atom is 0.333 e. The zero-order chi connectivity index (χ0) is 61.0. The van der Waals surface area contributed by atoms with Crippen molar-refractivity contribution in [2.24, 2.45) is 5.92 Å². The lowest BCUT2D eigenvalue weighted by molar-refractivity contribution is -0.235. The molecule has 3 aliphatic rings. The van der Waals surface area contributed by atoms with Gasteiger partial charge in [-0.3, -0.25) is 38.3 Å². The van der Waals surface area contributed by atoms with Crippen LogP contribution < -0.4 is 36.9 Å². The van der Waals surface area contributed by atoms with Crippen LogP contribution in [0.3, 0.4) is 0 Å². The van der Waals surface area contributed by atoms with Crippen molar-refractivity contribution < 1.29 is 70.2 Å². The molecule has 9 rings (SSSR count). The second kappa shape index (κ2) is 28.5. The van der Waals surface area contributed by atoms with Crippen LogP contribution in [-0.2, 0) is 61.9 Å². The van der Waals surface area contributed by atoms with Gasteiger partial charge in [-0.15, -0.1) is 0 Å². The van der Waals surface area contributed by atoms with E-state index in [1.807, 2.05) is 89.8 Å². The Kier molecular flexibility index (Phi) is 20.8. The molecule has 0 spiro atoms. The maximum absolute atomic E-state index is 15.0. The molecule has 2 aromatic heterocycles. The molecule has 0 aliphatic carbocycles. The summed E-state index contributed by atoms with van der Waals surface area (Å²) < 4.78 is 93.0. The number of aromatic nitrogens is 4. The minimum absolute atomic E-state index is 0.0354. The first-order valence-electron chi connectivity index (χ1n) is 27.6. The first kappa shape index (κ1) is 62.6. The number of para-hydroxylation sites is 1. The molecule has 86 heavy (non-hydrogen) atoms. The number of ether oxygens (including phenoxy) is 9. The molecule has 26 heteroatoms. The van der Waals surface area contributed by atoms with Crippen LogP contribution in [0.2, 0.25) is 0 Å². The van der Waals surface area contributed by atoms with E-state index >= 15 is 4.39 Å². The lowest BCUT2D eigenvalue weighted by Crippen LogP contribution is -2.48. The summed E-state index contributed by atoms with van der Waals surface area (Å²) >= 11 is 0. The number of carbonyl (C=O) groups is 2. The lowest BCUT2D eigenvalue weighted by atomic mass is 9.80. The third-order valence-electron chi connectivity index (χ3n) is 15.1. The molecule has 3 saturated heterocycles. The summed E-state index contributed by atoms with van der Waals surface area (Å²) in [7, 11) is 1.99. The van der Waals surface area contributed by atoms with Crippen molar-refractivity contribution in [2.45, 2.75) is 93.9 Å². The number of esters is 2. The topological polar surface area (TPSA) is 282 Å². The monoisotopic (exact) mass is 1210 g/mol. The third-order valence-corrected chi connectivity index (χ3v) is 16.3. The number of nitrogens with zero attached hydrogens (tertiary/aromatic N) is 4. The predicted molar refractivity (Wildman–Crippen MR) is 305 cm³/mol. The van der Waals surface area contributed by atoms with Gasteiger partial charge in [0.15, 0.2) is 24.2 Å². The second-order valence-electron chi connectivity index (χ2n) is 20.3. The Morgan fingerprint density at radius 2 is 1.23 bits per heavy atom. The predicted octanol–water partition coefficient (Wildman–Crippen LogP) is 6.13. The summed E-state index contributed by atoms with van der Waals surface area (Å²) in [5.74, 6) is -2.85. The van der Waals surface area contributed by atoms with Crippen molar-refractivity contribution in [2.75, 3.05) is 65.7 Å². The van der Waals surface area contributed by atoms with Crippen molar-refractivity contribution in [1.82, 2.24) is 19.1 Å². The molecule has 4 aromatic carbocycles. The van der Waals surface area contributed by atoms with E-state index in [-0.39, 0.29) is 38.5 Å². The summed E-state index contributed by atoms with van der Waals surface area (Å²) in [5, 5.41) is 9.75. The molecular formula is C60H66FN6O18P. The number of piperidine rings is 1. The highest BCUT2D eigenvalue weighted by atomic mass is 31.2. The van der Waals surface area contributed by atoms with Crippen LogP contribution in [0, 0.1) is 23.1 Å². The molecule has 9 atom stereocenters. The average Bonchev–Trinajstić information content (AvgIpc) is 1.41. The normalized spacial score (nSPS) is 22.2. The molecule has 0 radical (unpaired) electrons. The zero-order valence-corrected chi connectivity index (χ0v) is 48.7. The molecule has 1 unspecified atom stereocenters. The highest BCUT2D eigenvalue weighted by Gasteiger charge is 2.53. The van der Waals surface area contributed by atoms with E-state index in [4.69, 9.17) is 56.2 Å². The summed E-state index contributed by atoms with van der Waals surface area (Å²) in [6.07, 6.45) is -6.14. The number of H-pyrrole nitrogens is 2. The fraction of sp³-hybridized carbons (Fsp3) is 0.417. The Hall–Kier alpha value is -7.89. The van der Waals surface area contributed by atoms with Gasteiger partial charge in [-0.05, 0) is 59.5 Å². The van der Waals surface area contributed by atoms with Gasteiger partial charge < -0.3 is 61.1 Å². The minimum atomic E-state index is -2.66. The van der Waals surface area contributed by atoms with Gasteiger partial charge in [0.1, 0.15) is 47.5 Å². The Bertz CT molecular complexity index is 3490. The Morgan fingerprint density at radius 3 is 1.79 bits per heavy atom. The fourth-order valence-electron chi connectivity index (χ4n) is 11.0. The van der Waals surface area contributed by atoms with E-state index < -0.39 is 110 Å². The highest BCUT2D eigenvalue weighted by molar-refractivity contribution is 7.41. The van der Waals surface area contributed by atoms with E-state index in [0.717, 1.165) is 30.7 Å². The molecule has 24 nitrogen and oxygen atoms in total. The number of anilines is 1. The number of nitriles is 1. The van der Waals surface area contributed by atoms with E-state index in [9.17, 15) is 34.0 Å². The van der Waals surface area contributed by atoms with Gasteiger partial charge in [-0.25, -0.2) is 14.0 Å². The quantitative estimate of drug-likeness (QED) is 0.0203. The number of halogens is 1. The van der Waals surface area contributed by atoms with E-state index in [1.165, 1.54) is 30.0 Å². The van der Waals surface area contributed by atoms with E-state index in [0.29, 0.717) is 59.8 Å². The number of hydrogen-bond acceptors (Lipinski definition) is 20. The number of methoxy groups -OCH3 is 3. The van der Waals surface area contributed by atoms with Crippen LogP contribution in [-0.4, -0.2) is 128 Å². The molecule has 3 aliphatic heterocycles. The highest BCUT2D eigenvalue weighted by Crippen LogP contribution is 2.51. The molecular weight excluding hydrogens is 1140 g/mol. The van der Waals surface area contributed by atoms with Gasteiger partial charge in [0.25, 0.3) is 11.1 Å². The number of carbonyl (C=O) groups excluding carboxylic acids is 2. The second-order valence-corrected chi connectivity index (χ2v) is 21.5. The van der Waals surface area contributed by atoms with Gasteiger partial charge in [-0.2, -0.15) is 5.26 Å². The number of benzene rings is 4. The van der Waals surface area contributed by atoms with Crippen LogP contribution in [0.15, 0.2) is 147 Å². The fourth-order valence-corrected chi connectivity index (χ4v) is 12.2.